The minimum absolute atomic E-state index is 0.0556. The Bertz CT molecular complexity index is 1290. The van der Waals surface area contributed by atoms with Crippen molar-refractivity contribution in [1.82, 2.24) is 14.8 Å². The molecule has 3 aromatic rings. The number of piperidine rings is 1. The third-order valence-corrected chi connectivity index (χ3v) is 8.43. The minimum Gasteiger partial charge on any atom is -0.497 e. The summed E-state index contributed by atoms with van der Waals surface area (Å²) in [5.41, 5.74) is 3.51. The Morgan fingerprint density at radius 2 is 1.86 bits per heavy atom. The second kappa shape index (κ2) is 8.96. The van der Waals surface area contributed by atoms with Crippen molar-refractivity contribution in [2.75, 3.05) is 33.4 Å². The number of fused-ring (bicyclic) bond motifs is 4. The molecule has 1 aliphatic carbocycles. The molecule has 3 heterocycles. The Hall–Kier alpha value is -3.32. The number of nitrogens with zero attached hydrogens (tertiary/aromatic N) is 2. The van der Waals surface area contributed by atoms with Crippen LogP contribution < -0.4 is 4.74 Å². The highest BCUT2D eigenvalue weighted by Gasteiger charge is 2.49. The van der Waals surface area contributed by atoms with Crippen molar-refractivity contribution >= 4 is 22.7 Å². The first-order valence-corrected chi connectivity index (χ1v) is 13.0. The van der Waals surface area contributed by atoms with Crippen LogP contribution in [0.3, 0.4) is 0 Å². The van der Waals surface area contributed by atoms with Gasteiger partial charge < -0.3 is 24.6 Å². The van der Waals surface area contributed by atoms with E-state index in [1.807, 2.05) is 52.3 Å². The summed E-state index contributed by atoms with van der Waals surface area (Å²) in [5.74, 6) is 1.42. The van der Waals surface area contributed by atoms with E-state index < -0.39 is 0 Å². The van der Waals surface area contributed by atoms with Gasteiger partial charge in [0.15, 0.2) is 0 Å². The van der Waals surface area contributed by atoms with E-state index in [1.54, 1.807) is 7.11 Å². The number of nitrogens with one attached hydrogen (secondary N) is 1. The molecule has 36 heavy (non-hydrogen) atoms. The van der Waals surface area contributed by atoms with Crippen molar-refractivity contribution < 1.29 is 19.4 Å². The number of aliphatic hydroxyl groups is 1. The van der Waals surface area contributed by atoms with Crippen molar-refractivity contribution in [3.63, 3.8) is 0 Å². The zero-order valence-electron chi connectivity index (χ0n) is 20.7. The lowest BCUT2D eigenvalue weighted by atomic mass is 9.68. The van der Waals surface area contributed by atoms with Gasteiger partial charge in [-0.2, -0.15) is 0 Å². The number of aliphatic hydroxyl groups excluding tert-OH is 1. The smallest absolute Gasteiger partial charge is 0.253 e. The fraction of sp³-hybridized carbons (Fsp3) is 0.448. The third-order valence-electron chi connectivity index (χ3n) is 8.43. The lowest BCUT2D eigenvalue weighted by molar-refractivity contribution is -0.137. The summed E-state index contributed by atoms with van der Waals surface area (Å²) in [4.78, 5) is 34.0. The number of methoxy groups -OCH3 is 1. The molecule has 2 amide bonds. The molecule has 1 atom stereocenters. The number of carbonyl (C=O) groups excluding carboxylic acids is 2. The van der Waals surface area contributed by atoms with E-state index in [9.17, 15) is 14.7 Å². The Balaban J connectivity index is 1.38. The number of rotatable bonds is 5. The SMILES string of the molecule is COc1ccc2c3c([nH]c2c1)[C@@H](CO)N(C(=O)CC1CC1)CC31CCN(C(=O)c2ccccc2)CC1. The van der Waals surface area contributed by atoms with Crippen molar-refractivity contribution in [2.24, 2.45) is 5.92 Å². The summed E-state index contributed by atoms with van der Waals surface area (Å²) in [6.07, 6.45) is 4.31. The predicted octanol–water partition coefficient (Wildman–Crippen LogP) is 4.03. The average molecular weight is 488 g/mol. The molecule has 6 rings (SSSR count). The summed E-state index contributed by atoms with van der Waals surface area (Å²) in [6, 6.07) is 15.1. The molecule has 1 saturated carbocycles. The summed E-state index contributed by atoms with van der Waals surface area (Å²) in [6.45, 7) is 1.71. The summed E-state index contributed by atoms with van der Waals surface area (Å²) < 4.78 is 5.46. The van der Waals surface area contributed by atoms with Crippen LogP contribution in [0.4, 0.5) is 0 Å². The molecular weight excluding hydrogens is 454 g/mol. The molecule has 1 spiro atoms. The van der Waals surface area contributed by atoms with Crippen LogP contribution >= 0.6 is 0 Å². The van der Waals surface area contributed by atoms with Crippen LogP contribution in [0.15, 0.2) is 48.5 Å². The fourth-order valence-electron chi connectivity index (χ4n) is 6.26. The lowest BCUT2D eigenvalue weighted by Crippen LogP contribution is -2.56. The van der Waals surface area contributed by atoms with E-state index in [-0.39, 0.29) is 29.9 Å². The van der Waals surface area contributed by atoms with Crippen LogP contribution in [0, 0.1) is 5.92 Å². The first-order chi connectivity index (χ1) is 17.5. The molecular formula is C29H33N3O4. The normalized spacial score (nSPS) is 21.0. The molecule has 0 unspecified atom stereocenters. The van der Waals surface area contributed by atoms with Gasteiger partial charge in [-0.25, -0.2) is 0 Å². The monoisotopic (exact) mass is 487 g/mol. The fourth-order valence-corrected chi connectivity index (χ4v) is 6.26. The first kappa shape index (κ1) is 23.1. The topological polar surface area (TPSA) is 85.9 Å². The highest BCUT2D eigenvalue weighted by Crippen LogP contribution is 2.49. The van der Waals surface area contributed by atoms with Gasteiger partial charge in [0.1, 0.15) is 5.75 Å². The van der Waals surface area contributed by atoms with Crippen LogP contribution in [0.25, 0.3) is 10.9 Å². The quantitative estimate of drug-likeness (QED) is 0.569. The van der Waals surface area contributed by atoms with Crippen LogP contribution in [0.2, 0.25) is 0 Å². The predicted molar refractivity (Wildman–Crippen MR) is 137 cm³/mol. The zero-order valence-corrected chi connectivity index (χ0v) is 20.7. The Labute approximate surface area is 211 Å². The molecule has 0 radical (unpaired) electrons. The van der Waals surface area contributed by atoms with Crippen molar-refractivity contribution in [2.45, 2.75) is 43.6 Å². The number of benzene rings is 2. The summed E-state index contributed by atoms with van der Waals surface area (Å²) in [7, 11) is 1.65. The number of H-pyrrole nitrogens is 1. The maximum Gasteiger partial charge on any atom is 0.253 e. The van der Waals surface area contributed by atoms with Crippen LogP contribution in [0.5, 0.6) is 5.75 Å². The highest BCUT2D eigenvalue weighted by molar-refractivity contribution is 5.94. The van der Waals surface area contributed by atoms with E-state index in [1.165, 1.54) is 5.56 Å². The number of aromatic amines is 1. The molecule has 7 nitrogen and oxygen atoms in total. The number of ether oxygens (including phenoxy) is 1. The Kier molecular flexibility index (Phi) is 5.75. The van der Waals surface area contributed by atoms with Crippen LogP contribution in [-0.2, 0) is 10.2 Å². The molecule has 2 fully saturated rings. The van der Waals surface area contributed by atoms with E-state index in [0.29, 0.717) is 37.5 Å². The van der Waals surface area contributed by atoms with Gasteiger partial charge in [0.2, 0.25) is 5.91 Å². The van der Waals surface area contributed by atoms with E-state index in [4.69, 9.17) is 4.74 Å². The van der Waals surface area contributed by atoms with Gasteiger partial charge in [-0.3, -0.25) is 9.59 Å². The van der Waals surface area contributed by atoms with Gasteiger partial charge >= 0.3 is 0 Å². The molecule has 7 heteroatoms. The number of likely N-dealkylation sites (tertiary alicyclic amines) is 1. The molecule has 1 saturated heterocycles. The number of hydrogen-bond acceptors (Lipinski definition) is 4. The first-order valence-electron chi connectivity index (χ1n) is 13.0. The van der Waals surface area contributed by atoms with Gasteiger partial charge in [-0.05, 0) is 61.4 Å². The summed E-state index contributed by atoms with van der Waals surface area (Å²) >= 11 is 0. The molecule has 2 aliphatic heterocycles. The Morgan fingerprint density at radius 3 is 2.53 bits per heavy atom. The Morgan fingerprint density at radius 1 is 1.11 bits per heavy atom. The number of hydrogen-bond donors (Lipinski definition) is 2. The lowest BCUT2D eigenvalue weighted by Gasteiger charge is -2.50. The number of amides is 2. The van der Waals surface area contributed by atoms with Gasteiger partial charge in [-0.15, -0.1) is 0 Å². The maximum absolute atomic E-state index is 13.4. The van der Waals surface area contributed by atoms with Gasteiger partial charge in [0.05, 0.1) is 19.8 Å². The molecule has 1 aromatic heterocycles. The van der Waals surface area contributed by atoms with E-state index in [0.717, 1.165) is 48.0 Å². The van der Waals surface area contributed by atoms with Gasteiger partial charge in [0, 0.05) is 59.7 Å². The average Bonchev–Trinajstić information content (AvgIpc) is 3.65. The highest BCUT2D eigenvalue weighted by atomic mass is 16.5. The molecule has 188 valence electrons. The van der Waals surface area contributed by atoms with Gasteiger partial charge in [-0.1, -0.05) is 18.2 Å². The largest absolute Gasteiger partial charge is 0.497 e. The van der Waals surface area contributed by atoms with Gasteiger partial charge in [0.25, 0.3) is 5.91 Å². The van der Waals surface area contributed by atoms with E-state index in [2.05, 4.69) is 11.1 Å². The van der Waals surface area contributed by atoms with Crippen molar-refractivity contribution in [3.8, 4) is 5.75 Å². The zero-order chi connectivity index (χ0) is 24.9. The molecule has 3 aliphatic rings. The van der Waals surface area contributed by atoms with E-state index >= 15 is 0 Å². The maximum atomic E-state index is 13.4. The number of carbonyl (C=O) groups is 2. The third kappa shape index (κ3) is 3.86. The van der Waals surface area contributed by atoms with Crippen molar-refractivity contribution in [1.29, 1.82) is 0 Å². The standard InChI is InChI=1S/C29H33N3O4/c1-36-21-9-10-22-23(16-21)30-27-24(17-33)32(25(34)15-19-7-8-19)18-29(26(22)27)11-13-31(14-12-29)28(35)20-5-3-2-4-6-20/h2-6,9-10,16,19,24,30,33H,7-8,11-15,17-18H2,1H3/t24-/m1/s1. The van der Waals surface area contributed by atoms with Crippen molar-refractivity contribution in [3.05, 3.63) is 65.4 Å². The second-order valence-electron chi connectivity index (χ2n) is 10.6. The summed E-state index contributed by atoms with van der Waals surface area (Å²) in [5, 5.41) is 11.6. The molecule has 2 N–H and O–H groups in total. The molecule has 2 aromatic carbocycles. The number of aromatic nitrogens is 1. The minimum atomic E-state index is -0.390. The van der Waals surface area contributed by atoms with Crippen LogP contribution in [-0.4, -0.2) is 65.1 Å². The van der Waals surface area contributed by atoms with Crippen LogP contribution in [0.1, 0.15) is 59.8 Å². The second-order valence-corrected chi connectivity index (χ2v) is 10.6. The molecule has 0 bridgehead atoms.